The quantitative estimate of drug-likeness (QED) is 0.418. The van der Waals surface area contributed by atoms with Crippen LogP contribution in [0.1, 0.15) is 6.42 Å². The van der Waals surface area contributed by atoms with E-state index in [1.807, 2.05) is 0 Å². The minimum atomic E-state index is -0.0972. The summed E-state index contributed by atoms with van der Waals surface area (Å²) in [6.07, 6.45) is 0.707. The fourth-order valence-electron chi connectivity index (χ4n) is 0.538. The maximum Gasteiger partial charge on any atom is 0.247 e. The van der Waals surface area contributed by atoms with Gasteiger partial charge in [-0.25, -0.2) is 0 Å². The fourth-order valence-corrected chi connectivity index (χ4v) is 0.538. The van der Waals surface area contributed by atoms with E-state index in [2.05, 4.69) is 5.32 Å². The molecule has 0 bridgehead atoms. The monoisotopic (exact) mass is 96.0 g/mol. The van der Waals surface area contributed by atoms with E-state index in [1.165, 1.54) is 0 Å². The van der Waals surface area contributed by atoms with Crippen molar-refractivity contribution in [2.45, 2.75) is 6.42 Å². The van der Waals surface area contributed by atoms with Gasteiger partial charge in [0.25, 0.3) is 0 Å². The summed E-state index contributed by atoms with van der Waals surface area (Å²) in [5.41, 5.74) is 0.458. The second-order valence-electron chi connectivity index (χ2n) is 1.53. The van der Waals surface area contributed by atoms with Gasteiger partial charge in [0.15, 0.2) is 0 Å². The lowest BCUT2D eigenvalue weighted by atomic mass is 10.3. The number of amides is 1. The molecule has 1 saturated heterocycles. The molecule has 1 aliphatic rings. The maximum absolute atomic E-state index is 10.3. The van der Waals surface area contributed by atoms with Gasteiger partial charge in [-0.05, 0) is 6.42 Å². The SMILES string of the molecule is [CH]=C1CCNC1=O. The Labute approximate surface area is 42.2 Å². The summed E-state index contributed by atoms with van der Waals surface area (Å²) in [4.78, 5) is 10.3. The Morgan fingerprint density at radius 1 is 1.71 bits per heavy atom. The van der Waals surface area contributed by atoms with Gasteiger partial charge in [0, 0.05) is 12.1 Å². The third-order valence-electron chi connectivity index (χ3n) is 0.972. The minimum absolute atomic E-state index is 0.0972. The highest BCUT2D eigenvalue weighted by molar-refractivity contribution is 5.94. The van der Waals surface area contributed by atoms with Crippen molar-refractivity contribution >= 4 is 5.91 Å². The van der Waals surface area contributed by atoms with Gasteiger partial charge in [-0.3, -0.25) is 4.79 Å². The van der Waals surface area contributed by atoms with Crippen molar-refractivity contribution in [1.82, 2.24) is 5.32 Å². The van der Waals surface area contributed by atoms with Gasteiger partial charge in [0.05, 0.1) is 0 Å². The van der Waals surface area contributed by atoms with Crippen molar-refractivity contribution in [1.29, 1.82) is 0 Å². The van der Waals surface area contributed by atoms with Gasteiger partial charge in [-0.2, -0.15) is 0 Å². The Bertz CT molecular complexity index is 103. The minimum Gasteiger partial charge on any atom is -0.352 e. The van der Waals surface area contributed by atoms with Gasteiger partial charge in [-0.15, -0.1) is 0 Å². The molecule has 1 aliphatic heterocycles. The molecule has 1 radical (unpaired) electrons. The molecule has 1 heterocycles. The normalized spacial score (nSPS) is 20.0. The van der Waals surface area contributed by atoms with Crippen LogP contribution in [0.2, 0.25) is 0 Å². The molecule has 0 atom stereocenters. The van der Waals surface area contributed by atoms with Crippen molar-refractivity contribution in [3.05, 3.63) is 12.2 Å². The number of carbonyl (C=O) groups is 1. The predicted molar refractivity (Wildman–Crippen MR) is 25.4 cm³/mol. The van der Waals surface area contributed by atoms with Gasteiger partial charge < -0.3 is 5.32 Å². The molecule has 0 spiro atoms. The van der Waals surface area contributed by atoms with Crippen LogP contribution in [-0.4, -0.2) is 12.5 Å². The maximum atomic E-state index is 10.3. The highest BCUT2D eigenvalue weighted by atomic mass is 16.1. The van der Waals surface area contributed by atoms with E-state index < -0.39 is 0 Å². The molecule has 7 heavy (non-hydrogen) atoms. The van der Waals surface area contributed by atoms with Crippen molar-refractivity contribution < 1.29 is 4.79 Å². The van der Waals surface area contributed by atoms with Crippen LogP contribution in [0.25, 0.3) is 0 Å². The molecule has 0 aromatic rings. The van der Waals surface area contributed by atoms with E-state index >= 15 is 0 Å². The number of hydrogen-bond acceptors (Lipinski definition) is 1. The Morgan fingerprint density at radius 2 is 2.43 bits per heavy atom. The molecule has 0 unspecified atom stereocenters. The van der Waals surface area contributed by atoms with Crippen LogP contribution in [0.5, 0.6) is 0 Å². The van der Waals surface area contributed by atoms with E-state index in [9.17, 15) is 4.79 Å². The van der Waals surface area contributed by atoms with Gasteiger partial charge >= 0.3 is 0 Å². The van der Waals surface area contributed by atoms with E-state index in [0.29, 0.717) is 18.5 Å². The van der Waals surface area contributed by atoms with Crippen molar-refractivity contribution in [2.75, 3.05) is 6.54 Å². The molecule has 1 fully saturated rings. The summed E-state index contributed by atoms with van der Waals surface area (Å²) in [5.74, 6) is -0.0972. The van der Waals surface area contributed by atoms with Crippen LogP contribution < -0.4 is 5.32 Å². The smallest absolute Gasteiger partial charge is 0.247 e. The summed E-state index contributed by atoms with van der Waals surface area (Å²) in [7, 11) is 0. The fraction of sp³-hybridized carbons (Fsp3) is 0.400. The number of rotatable bonds is 0. The van der Waals surface area contributed by atoms with Gasteiger partial charge in [-0.1, -0.05) is 6.58 Å². The molecule has 0 aliphatic carbocycles. The lowest BCUT2D eigenvalue weighted by molar-refractivity contribution is -0.116. The van der Waals surface area contributed by atoms with Crippen LogP contribution in [0.3, 0.4) is 0 Å². The van der Waals surface area contributed by atoms with Crippen molar-refractivity contribution in [3.8, 4) is 0 Å². The molecule has 1 amide bonds. The molecular weight excluding hydrogens is 90.1 g/mol. The first-order valence-electron chi connectivity index (χ1n) is 2.20. The first kappa shape index (κ1) is 4.37. The number of hydrogen-bond donors (Lipinski definition) is 1. The average molecular weight is 96.1 g/mol. The van der Waals surface area contributed by atoms with E-state index in [1.54, 1.807) is 0 Å². The molecule has 2 heteroatoms. The second kappa shape index (κ2) is 1.37. The Hall–Kier alpha value is -0.790. The van der Waals surface area contributed by atoms with Crippen LogP contribution in [0.4, 0.5) is 0 Å². The van der Waals surface area contributed by atoms with Crippen LogP contribution in [-0.2, 0) is 4.79 Å². The molecule has 37 valence electrons. The Kier molecular flexibility index (Phi) is 0.855. The van der Waals surface area contributed by atoms with Crippen LogP contribution >= 0.6 is 0 Å². The first-order chi connectivity index (χ1) is 3.30. The summed E-state index contributed by atoms with van der Waals surface area (Å²) in [5, 5.41) is 2.57. The number of carbonyl (C=O) groups excluding carboxylic acids is 1. The summed E-state index contributed by atoms with van der Waals surface area (Å²) in [6.45, 7) is 5.90. The second-order valence-corrected chi connectivity index (χ2v) is 1.53. The van der Waals surface area contributed by atoms with Crippen molar-refractivity contribution in [3.63, 3.8) is 0 Å². The summed E-state index contributed by atoms with van der Waals surface area (Å²) >= 11 is 0. The standard InChI is InChI=1S/C5H6NO/c1-4-2-3-6-5(4)7/h1H,2-3H2,(H,6,7). The van der Waals surface area contributed by atoms with Gasteiger partial charge in [0.1, 0.15) is 0 Å². The van der Waals surface area contributed by atoms with E-state index in [-0.39, 0.29) is 5.91 Å². The number of nitrogens with one attached hydrogen (secondary N) is 1. The molecule has 2 nitrogen and oxygen atoms in total. The largest absolute Gasteiger partial charge is 0.352 e. The Morgan fingerprint density at radius 3 is 2.57 bits per heavy atom. The van der Waals surface area contributed by atoms with E-state index in [4.69, 9.17) is 6.58 Å². The topological polar surface area (TPSA) is 29.1 Å². The molecular formula is C5H6NO. The lowest BCUT2D eigenvalue weighted by Gasteiger charge is -1.82. The van der Waals surface area contributed by atoms with E-state index in [0.717, 1.165) is 0 Å². The zero-order valence-corrected chi connectivity index (χ0v) is 3.90. The molecule has 1 N–H and O–H groups in total. The van der Waals surface area contributed by atoms with Gasteiger partial charge in [0.2, 0.25) is 5.91 Å². The highest BCUT2D eigenvalue weighted by Gasteiger charge is 2.11. The van der Waals surface area contributed by atoms with Crippen LogP contribution in [0, 0.1) is 6.58 Å². The Balaban J connectivity index is 2.65. The average Bonchev–Trinajstić information content (AvgIpc) is 1.91. The molecule has 1 rings (SSSR count). The predicted octanol–water partition coefficient (Wildman–Crippen LogP) is -0.134. The highest BCUT2D eigenvalue weighted by Crippen LogP contribution is 2.01. The van der Waals surface area contributed by atoms with Crippen molar-refractivity contribution in [2.24, 2.45) is 0 Å². The summed E-state index contributed by atoms with van der Waals surface area (Å²) < 4.78 is 0. The zero-order valence-electron chi connectivity index (χ0n) is 3.90. The first-order valence-corrected chi connectivity index (χ1v) is 2.20. The molecule has 0 saturated carbocycles. The third-order valence-corrected chi connectivity index (χ3v) is 0.972. The zero-order chi connectivity index (χ0) is 5.28. The molecule has 0 aromatic carbocycles. The third kappa shape index (κ3) is 0.633. The summed E-state index contributed by atoms with van der Waals surface area (Å²) in [6, 6.07) is 0. The van der Waals surface area contributed by atoms with Crippen LogP contribution in [0.15, 0.2) is 5.57 Å². The lowest BCUT2D eigenvalue weighted by Crippen LogP contribution is -2.13. The molecule has 0 aromatic heterocycles.